The quantitative estimate of drug-likeness (QED) is 0.935. The number of nitrogens with zero attached hydrogens (tertiary/aromatic N) is 2. The summed E-state index contributed by atoms with van der Waals surface area (Å²) in [5, 5.41) is 0. The van der Waals surface area contributed by atoms with Crippen molar-refractivity contribution in [2.24, 2.45) is 0 Å². The number of aromatic nitrogens is 1. The molecule has 0 fully saturated rings. The van der Waals surface area contributed by atoms with Crippen molar-refractivity contribution >= 4 is 11.4 Å². The van der Waals surface area contributed by atoms with Gasteiger partial charge in [-0.25, -0.2) is 4.98 Å². The first-order valence-corrected chi connectivity index (χ1v) is 6.53. The molecule has 2 aromatic rings. The topological polar surface area (TPSA) is 42.2 Å². The van der Waals surface area contributed by atoms with E-state index in [1.807, 2.05) is 37.3 Å². The molecule has 0 unspecified atom stereocenters. The molecule has 0 saturated carbocycles. The Bertz CT molecular complexity index is 597. The van der Waals surface area contributed by atoms with Crippen LogP contribution in [0.4, 0.5) is 24.5 Å². The molecule has 0 aliphatic rings. The minimum atomic E-state index is -4.48. The second kappa shape index (κ2) is 6.03. The number of hydrogen-bond acceptors (Lipinski definition) is 3. The Balaban J connectivity index is 2.33. The fourth-order valence-corrected chi connectivity index (χ4v) is 2.06. The van der Waals surface area contributed by atoms with Gasteiger partial charge in [0.15, 0.2) is 0 Å². The molecule has 0 aliphatic heterocycles. The molecule has 0 bridgehead atoms. The lowest BCUT2D eigenvalue weighted by Crippen LogP contribution is -2.24. The molecule has 2 rings (SSSR count). The van der Waals surface area contributed by atoms with E-state index in [0.29, 0.717) is 18.8 Å². The van der Waals surface area contributed by atoms with Crippen molar-refractivity contribution in [3.05, 3.63) is 53.9 Å². The third-order valence-electron chi connectivity index (χ3n) is 3.14. The molecule has 21 heavy (non-hydrogen) atoms. The summed E-state index contributed by atoms with van der Waals surface area (Å²) in [6.45, 7) is 2.90. The van der Waals surface area contributed by atoms with Crippen LogP contribution in [0.15, 0.2) is 42.6 Å². The van der Waals surface area contributed by atoms with E-state index in [0.717, 1.165) is 17.8 Å². The van der Waals surface area contributed by atoms with Crippen LogP contribution in [0.5, 0.6) is 0 Å². The van der Waals surface area contributed by atoms with Crippen molar-refractivity contribution in [1.29, 1.82) is 0 Å². The number of halogens is 3. The van der Waals surface area contributed by atoms with Gasteiger partial charge < -0.3 is 10.6 Å². The van der Waals surface area contributed by atoms with Crippen LogP contribution < -0.4 is 10.6 Å². The van der Waals surface area contributed by atoms with Gasteiger partial charge in [0.1, 0.15) is 5.69 Å². The highest BCUT2D eigenvalue weighted by Gasteiger charge is 2.33. The molecular formula is C15H16F3N3. The van der Waals surface area contributed by atoms with Crippen molar-refractivity contribution in [3.63, 3.8) is 0 Å². The zero-order valence-electron chi connectivity index (χ0n) is 11.6. The summed E-state index contributed by atoms with van der Waals surface area (Å²) in [7, 11) is 0. The third-order valence-corrected chi connectivity index (χ3v) is 3.14. The van der Waals surface area contributed by atoms with Gasteiger partial charge >= 0.3 is 6.18 Å². The molecule has 0 saturated heterocycles. The molecule has 2 N–H and O–H groups in total. The number of nitrogens with two attached hydrogens (primary N) is 1. The van der Waals surface area contributed by atoms with Crippen molar-refractivity contribution < 1.29 is 13.2 Å². The lowest BCUT2D eigenvalue weighted by Gasteiger charge is -2.25. The predicted molar refractivity (Wildman–Crippen MR) is 76.8 cm³/mol. The Morgan fingerprint density at radius 3 is 2.43 bits per heavy atom. The second-order valence-corrected chi connectivity index (χ2v) is 4.63. The van der Waals surface area contributed by atoms with Crippen LogP contribution in [0.1, 0.15) is 18.2 Å². The number of benzene rings is 1. The van der Waals surface area contributed by atoms with E-state index < -0.39 is 11.9 Å². The first-order valence-electron chi connectivity index (χ1n) is 6.53. The first kappa shape index (κ1) is 15.2. The van der Waals surface area contributed by atoms with Crippen LogP contribution in [0.2, 0.25) is 0 Å². The molecule has 0 radical (unpaired) electrons. The molecule has 0 aliphatic carbocycles. The molecule has 1 aromatic carbocycles. The van der Waals surface area contributed by atoms with Gasteiger partial charge in [-0.3, -0.25) is 0 Å². The van der Waals surface area contributed by atoms with Crippen molar-refractivity contribution in [2.45, 2.75) is 19.6 Å². The summed E-state index contributed by atoms with van der Waals surface area (Å²) >= 11 is 0. The van der Waals surface area contributed by atoms with E-state index in [-0.39, 0.29) is 5.69 Å². The van der Waals surface area contributed by atoms with Crippen LogP contribution in [0.25, 0.3) is 0 Å². The Labute approximate surface area is 121 Å². The van der Waals surface area contributed by atoms with Crippen LogP contribution in [-0.2, 0) is 12.7 Å². The first-order chi connectivity index (χ1) is 9.91. The van der Waals surface area contributed by atoms with Gasteiger partial charge in [-0.1, -0.05) is 30.3 Å². The molecule has 112 valence electrons. The van der Waals surface area contributed by atoms with Crippen LogP contribution in [0.3, 0.4) is 0 Å². The Morgan fingerprint density at radius 2 is 1.86 bits per heavy atom. The Kier molecular flexibility index (Phi) is 4.35. The number of alkyl halides is 3. The molecule has 6 heteroatoms. The Hall–Kier alpha value is -2.24. The van der Waals surface area contributed by atoms with Crippen LogP contribution in [-0.4, -0.2) is 11.5 Å². The van der Waals surface area contributed by atoms with E-state index in [9.17, 15) is 13.2 Å². The highest BCUT2D eigenvalue weighted by Crippen LogP contribution is 2.33. The minimum Gasteiger partial charge on any atom is -0.396 e. The molecule has 0 atom stereocenters. The van der Waals surface area contributed by atoms with Crippen LogP contribution >= 0.6 is 0 Å². The molecule has 3 nitrogen and oxygen atoms in total. The number of nitrogen functional groups attached to an aromatic ring is 1. The van der Waals surface area contributed by atoms with Gasteiger partial charge in [-0.15, -0.1) is 0 Å². The normalized spacial score (nSPS) is 11.4. The average molecular weight is 295 g/mol. The van der Waals surface area contributed by atoms with Gasteiger partial charge in [-0.05, 0) is 18.6 Å². The maximum absolute atomic E-state index is 12.8. The molecule has 1 heterocycles. The fourth-order valence-electron chi connectivity index (χ4n) is 2.06. The van der Waals surface area contributed by atoms with E-state index in [1.165, 1.54) is 0 Å². The average Bonchev–Trinajstić information content (AvgIpc) is 2.45. The highest BCUT2D eigenvalue weighted by molar-refractivity contribution is 5.67. The molecular weight excluding hydrogens is 279 g/mol. The van der Waals surface area contributed by atoms with Crippen molar-refractivity contribution in [1.82, 2.24) is 4.98 Å². The van der Waals surface area contributed by atoms with Gasteiger partial charge in [0, 0.05) is 13.1 Å². The number of hydrogen-bond donors (Lipinski definition) is 1. The summed E-state index contributed by atoms with van der Waals surface area (Å²) < 4.78 is 38.3. The Morgan fingerprint density at radius 1 is 1.19 bits per heavy atom. The van der Waals surface area contributed by atoms with Gasteiger partial charge in [0.2, 0.25) is 0 Å². The molecule has 1 aromatic heterocycles. The van der Waals surface area contributed by atoms with E-state index in [4.69, 9.17) is 5.73 Å². The van der Waals surface area contributed by atoms with E-state index in [1.54, 1.807) is 4.90 Å². The maximum Gasteiger partial charge on any atom is 0.433 e. The predicted octanol–water partition coefficient (Wildman–Crippen LogP) is 3.71. The zero-order chi connectivity index (χ0) is 15.5. The standard InChI is InChI=1S/C15H16F3N3/c1-2-21(10-11-6-4-3-5-7-11)13-8-14(15(16,17)18)20-9-12(13)19/h3-9H,2,10,19H2,1H3. The SMILES string of the molecule is CCN(Cc1ccccc1)c1cc(C(F)(F)F)ncc1N. The minimum absolute atomic E-state index is 0.237. The largest absolute Gasteiger partial charge is 0.433 e. The van der Waals surface area contributed by atoms with E-state index in [2.05, 4.69) is 4.98 Å². The summed E-state index contributed by atoms with van der Waals surface area (Å²) in [4.78, 5) is 5.15. The van der Waals surface area contributed by atoms with Crippen LogP contribution in [0, 0.1) is 0 Å². The monoisotopic (exact) mass is 295 g/mol. The summed E-state index contributed by atoms with van der Waals surface area (Å²) in [5.74, 6) is 0. The summed E-state index contributed by atoms with van der Waals surface area (Å²) in [6, 6.07) is 10.5. The molecule has 0 spiro atoms. The smallest absolute Gasteiger partial charge is 0.396 e. The highest BCUT2D eigenvalue weighted by atomic mass is 19.4. The summed E-state index contributed by atoms with van der Waals surface area (Å²) in [6.07, 6.45) is -3.42. The van der Waals surface area contributed by atoms with Gasteiger partial charge in [-0.2, -0.15) is 13.2 Å². The lowest BCUT2D eigenvalue weighted by molar-refractivity contribution is -0.141. The summed E-state index contributed by atoms with van der Waals surface area (Å²) in [5.41, 5.74) is 6.45. The van der Waals surface area contributed by atoms with E-state index >= 15 is 0 Å². The lowest BCUT2D eigenvalue weighted by atomic mass is 10.2. The maximum atomic E-state index is 12.8. The third kappa shape index (κ3) is 3.65. The van der Waals surface area contributed by atoms with Crippen molar-refractivity contribution in [2.75, 3.05) is 17.2 Å². The fraction of sp³-hybridized carbons (Fsp3) is 0.267. The number of rotatable bonds is 4. The number of pyridine rings is 1. The van der Waals surface area contributed by atoms with Gasteiger partial charge in [0.05, 0.1) is 17.6 Å². The zero-order valence-corrected chi connectivity index (χ0v) is 11.6. The van der Waals surface area contributed by atoms with Crippen molar-refractivity contribution in [3.8, 4) is 0 Å². The molecule has 0 amide bonds. The van der Waals surface area contributed by atoms with Gasteiger partial charge in [0.25, 0.3) is 0 Å². The second-order valence-electron chi connectivity index (χ2n) is 4.63. The number of anilines is 2.